The Bertz CT molecular complexity index is 1690. The average Bonchev–Trinajstić information content (AvgIpc) is 3.43. The van der Waals surface area contributed by atoms with Crippen LogP contribution in [0.1, 0.15) is 61.2 Å². The van der Waals surface area contributed by atoms with E-state index in [4.69, 9.17) is 10.8 Å². The molecular weight excluding hydrogens is 565 g/mol. The van der Waals surface area contributed by atoms with Crippen LogP contribution in [0.3, 0.4) is 0 Å². The van der Waals surface area contributed by atoms with E-state index in [0.717, 1.165) is 35.0 Å². The number of nitrogens with one attached hydrogen (secondary N) is 1. The minimum absolute atomic E-state index is 0.0391. The predicted molar refractivity (Wildman–Crippen MR) is 155 cm³/mol. The highest BCUT2D eigenvalue weighted by molar-refractivity contribution is 5.88. The van der Waals surface area contributed by atoms with Gasteiger partial charge in [-0.25, -0.2) is 18.3 Å². The van der Waals surface area contributed by atoms with Gasteiger partial charge in [-0.15, -0.1) is 0 Å². The molecule has 0 saturated heterocycles. The molecule has 1 aliphatic rings. The minimum atomic E-state index is -4.53. The van der Waals surface area contributed by atoms with Crippen LogP contribution in [0.25, 0.3) is 16.9 Å². The van der Waals surface area contributed by atoms with E-state index in [9.17, 15) is 18.0 Å². The van der Waals surface area contributed by atoms with Gasteiger partial charge < -0.3 is 11.1 Å². The first-order valence-electron chi connectivity index (χ1n) is 14.0. The quantitative estimate of drug-likeness (QED) is 0.214. The standard InChI is InChI=1S/C32H32F5N5O/c1-5-18-11-9-12-19(6-2)27(18)42-28(21-14-25(34)26(15-24(21)33)39-30(38)43)22-17-41(31(3,4)29(22)40-42)16-20-10-7-8-13-23(20)32(35,36)37/h7-15H,5-6,16-17H2,1-4H3,(H3,38,39,43). The van der Waals surface area contributed by atoms with Crippen LogP contribution in [0.5, 0.6) is 0 Å². The van der Waals surface area contributed by atoms with Gasteiger partial charge >= 0.3 is 12.2 Å². The molecule has 0 spiro atoms. The third kappa shape index (κ3) is 5.37. The zero-order chi connectivity index (χ0) is 31.3. The predicted octanol–water partition coefficient (Wildman–Crippen LogP) is 7.70. The van der Waals surface area contributed by atoms with Gasteiger partial charge in [0, 0.05) is 30.3 Å². The van der Waals surface area contributed by atoms with E-state index in [1.54, 1.807) is 10.7 Å². The van der Waals surface area contributed by atoms with E-state index in [1.807, 2.05) is 50.8 Å². The summed E-state index contributed by atoms with van der Waals surface area (Å²) in [6.45, 7) is 7.80. The second-order valence-corrected chi connectivity index (χ2v) is 11.1. The molecular formula is C32H32F5N5O. The van der Waals surface area contributed by atoms with Crippen LogP contribution in [0.2, 0.25) is 0 Å². The molecule has 0 radical (unpaired) electrons. The lowest BCUT2D eigenvalue weighted by atomic mass is 9.97. The lowest BCUT2D eigenvalue weighted by molar-refractivity contribution is -0.138. The maximum absolute atomic E-state index is 15.9. The van der Waals surface area contributed by atoms with Crippen molar-refractivity contribution < 1.29 is 26.7 Å². The fourth-order valence-electron chi connectivity index (χ4n) is 5.91. The molecule has 0 aliphatic carbocycles. The number of alkyl halides is 3. The van der Waals surface area contributed by atoms with Gasteiger partial charge in [0.05, 0.1) is 33.9 Å². The number of aromatic nitrogens is 2. The number of nitrogens with two attached hydrogens (primary N) is 1. The highest BCUT2D eigenvalue weighted by Gasteiger charge is 2.44. The Morgan fingerprint density at radius 2 is 1.60 bits per heavy atom. The summed E-state index contributed by atoms with van der Waals surface area (Å²) in [7, 11) is 0. The van der Waals surface area contributed by atoms with Gasteiger partial charge in [-0.1, -0.05) is 50.2 Å². The van der Waals surface area contributed by atoms with Gasteiger partial charge in [0.25, 0.3) is 0 Å². The van der Waals surface area contributed by atoms with Crippen LogP contribution in [0.15, 0.2) is 54.6 Å². The Kier molecular flexibility index (Phi) is 7.81. The number of amides is 2. The largest absolute Gasteiger partial charge is 0.416 e. The zero-order valence-corrected chi connectivity index (χ0v) is 24.2. The monoisotopic (exact) mass is 597 g/mol. The summed E-state index contributed by atoms with van der Waals surface area (Å²) in [6, 6.07) is 12.1. The summed E-state index contributed by atoms with van der Waals surface area (Å²) >= 11 is 0. The molecule has 5 rings (SSSR count). The highest BCUT2D eigenvalue weighted by Crippen LogP contribution is 2.46. The second kappa shape index (κ2) is 11.1. The molecule has 0 bridgehead atoms. The van der Waals surface area contributed by atoms with Crippen LogP contribution in [0, 0.1) is 11.6 Å². The van der Waals surface area contributed by atoms with Crippen molar-refractivity contribution in [2.45, 2.75) is 65.3 Å². The molecule has 6 nitrogen and oxygen atoms in total. The number of hydrogen-bond donors (Lipinski definition) is 2. The summed E-state index contributed by atoms with van der Waals surface area (Å²) in [6.07, 6.45) is -3.23. The number of benzene rings is 3. The van der Waals surface area contributed by atoms with Gasteiger partial charge in [0.15, 0.2) is 0 Å². The molecule has 0 unspecified atom stereocenters. The molecule has 11 heteroatoms. The number of carbonyl (C=O) groups excluding carboxylic acids is 1. The molecule has 4 aromatic rings. The first-order valence-corrected chi connectivity index (χ1v) is 14.0. The molecule has 1 aromatic heterocycles. The van der Waals surface area contributed by atoms with Gasteiger partial charge in [0.2, 0.25) is 0 Å². The van der Waals surface area contributed by atoms with Crippen molar-refractivity contribution in [2.75, 3.05) is 5.32 Å². The number of halogens is 5. The number of carbonyl (C=O) groups is 1. The summed E-state index contributed by atoms with van der Waals surface area (Å²) < 4.78 is 74.3. The summed E-state index contributed by atoms with van der Waals surface area (Å²) in [5.74, 6) is -1.72. The number of nitrogens with zero attached hydrogens (tertiary/aromatic N) is 3. The minimum Gasteiger partial charge on any atom is -0.351 e. The summed E-state index contributed by atoms with van der Waals surface area (Å²) in [5.41, 5.74) is 7.22. The number of primary amides is 1. The zero-order valence-electron chi connectivity index (χ0n) is 24.2. The highest BCUT2D eigenvalue weighted by atomic mass is 19.4. The molecule has 2 heterocycles. The normalized spacial score (nSPS) is 14.6. The van der Waals surface area contributed by atoms with E-state index in [1.165, 1.54) is 12.1 Å². The summed E-state index contributed by atoms with van der Waals surface area (Å²) in [4.78, 5) is 13.2. The van der Waals surface area contributed by atoms with Crippen LogP contribution in [-0.2, 0) is 37.6 Å². The molecule has 0 saturated carbocycles. The van der Waals surface area contributed by atoms with Gasteiger partial charge in [-0.05, 0) is 55.5 Å². The molecule has 0 fully saturated rings. The van der Waals surface area contributed by atoms with E-state index in [-0.39, 0.29) is 24.2 Å². The van der Waals surface area contributed by atoms with E-state index in [0.29, 0.717) is 29.8 Å². The fourth-order valence-corrected chi connectivity index (χ4v) is 5.91. The number of anilines is 1. The van der Waals surface area contributed by atoms with Crippen molar-refractivity contribution >= 4 is 11.7 Å². The average molecular weight is 598 g/mol. The second-order valence-electron chi connectivity index (χ2n) is 11.1. The number of fused-ring (bicyclic) bond motifs is 1. The maximum Gasteiger partial charge on any atom is 0.416 e. The van der Waals surface area contributed by atoms with Gasteiger partial charge in [-0.3, -0.25) is 4.90 Å². The first kappa shape index (κ1) is 30.2. The van der Waals surface area contributed by atoms with Crippen molar-refractivity contribution in [1.82, 2.24) is 14.7 Å². The Balaban J connectivity index is 1.72. The fraction of sp³-hybridized carbons (Fsp3) is 0.312. The lowest BCUT2D eigenvalue weighted by Crippen LogP contribution is -2.36. The lowest BCUT2D eigenvalue weighted by Gasteiger charge is -2.32. The number of hydrogen-bond acceptors (Lipinski definition) is 3. The molecule has 43 heavy (non-hydrogen) atoms. The van der Waals surface area contributed by atoms with Crippen molar-refractivity contribution in [3.05, 3.63) is 99.7 Å². The van der Waals surface area contributed by atoms with Gasteiger partial charge in [-0.2, -0.15) is 18.3 Å². The summed E-state index contributed by atoms with van der Waals surface area (Å²) in [5, 5.41) is 7.07. The SMILES string of the molecule is CCc1cccc(CC)c1-n1nc2c(c1-c1cc(F)c(NC(N)=O)cc1F)CN(Cc1ccccc1C(F)(F)F)C2(C)C. The molecule has 1 aliphatic heterocycles. The molecule has 0 atom stereocenters. The van der Waals surface area contributed by atoms with Crippen LogP contribution >= 0.6 is 0 Å². The third-order valence-electron chi connectivity index (χ3n) is 8.13. The molecule has 226 valence electrons. The Hall–Kier alpha value is -4.25. The number of para-hydroxylation sites is 1. The molecule has 3 aromatic carbocycles. The van der Waals surface area contributed by atoms with E-state index >= 15 is 8.78 Å². The molecule has 2 amide bonds. The number of urea groups is 1. The van der Waals surface area contributed by atoms with Crippen LogP contribution in [0.4, 0.5) is 32.4 Å². The smallest absolute Gasteiger partial charge is 0.351 e. The van der Waals surface area contributed by atoms with Crippen molar-refractivity contribution in [3.8, 4) is 16.9 Å². The van der Waals surface area contributed by atoms with Crippen molar-refractivity contribution in [1.29, 1.82) is 0 Å². The van der Waals surface area contributed by atoms with Gasteiger partial charge in [0.1, 0.15) is 11.6 Å². The Morgan fingerprint density at radius 3 is 2.21 bits per heavy atom. The Morgan fingerprint density at radius 1 is 0.977 bits per heavy atom. The van der Waals surface area contributed by atoms with E-state index < -0.39 is 40.6 Å². The van der Waals surface area contributed by atoms with E-state index in [2.05, 4.69) is 5.32 Å². The number of aryl methyl sites for hydroxylation is 2. The number of rotatable bonds is 7. The topological polar surface area (TPSA) is 76.2 Å². The first-order chi connectivity index (χ1) is 20.3. The molecule has 3 N–H and O–H groups in total. The van der Waals surface area contributed by atoms with Crippen LogP contribution < -0.4 is 11.1 Å². The third-order valence-corrected chi connectivity index (χ3v) is 8.13. The maximum atomic E-state index is 15.9. The van der Waals surface area contributed by atoms with Crippen molar-refractivity contribution in [3.63, 3.8) is 0 Å². The Labute approximate surface area is 246 Å². The van der Waals surface area contributed by atoms with Crippen LogP contribution in [-0.4, -0.2) is 20.7 Å². The van der Waals surface area contributed by atoms with Crippen molar-refractivity contribution in [2.24, 2.45) is 5.73 Å².